The van der Waals surface area contributed by atoms with E-state index < -0.39 is 0 Å². The Balaban J connectivity index is 3.40. The molecule has 0 fully saturated rings. The van der Waals surface area contributed by atoms with Gasteiger partial charge in [0.2, 0.25) is 0 Å². The molecular weight excluding hydrogens is 162 g/mol. The van der Waals surface area contributed by atoms with E-state index in [1.807, 2.05) is 12.2 Å². The summed E-state index contributed by atoms with van der Waals surface area (Å²) in [6.45, 7) is 4.75. The summed E-state index contributed by atoms with van der Waals surface area (Å²) >= 11 is 0. The largest absolute Gasteiger partial charge is 0.405 e. The summed E-state index contributed by atoms with van der Waals surface area (Å²) in [6, 6.07) is 0. The number of hydrogen-bond acceptors (Lipinski definition) is 2. The van der Waals surface area contributed by atoms with Gasteiger partial charge in [0.15, 0.2) is 0 Å². The van der Waals surface area contributed by atoms with Crippen LogP contribution in [0.3, 0.4) is 0 Å². The highest BCUT2D eigenvalue weighted by molar-refractivity contribution is 5.18. The minimum atomic E-state index is 0.833. The number of nitrogens with two attached hydrogens (primary N) is 1. The lowest BCUT2D eigenvalue weighted by Gasteiger charge is -1.99. The molecule has 0 aliphatic carbocycles. The number of methoxy groups -OCH3 is 1. The Kier molecular flexibility index (Phi) is 8.36. The van der Waals surface area contributed by atoms with Crippen LogP contribution in [0.25, 0.3) is 0 Å². The molecule has 0 saturated carbocycles. The second kappa shape index (κ2) is 9.07. The van der Waals surface area contributed by atoms with Crippen LogP contribution in [-0.4, -0.2) is 13.7 Å². The van der Waals surface area contributed by atoms with Gasteiger partial charge in [0.25, 0.3) is 0 Å². The lowest BCUT2D eigenvalue weighted by Crippen LogP contribution is -1.88. The Morgan fingerprint density at radius 2 is 2.15 bits per heavy atom. The normalized spacial score (nSPS) is 11.5. The van der Waals surface area contributed by atoms with Crippen molar-refractivity contribution in [1.82, 2.24) is 0 Å². The average molecular weight is 181 g/mol. The molecule has 0 unspecified atom stereocenters. The van der Waals surface area contributed by atoms with Gasteiger partial charge in [-0.25, -0.2) is 0 Å². The summed E-state index contributed by atoms with van der Waals surface area (Å²) in [5.41, 5.74) is 6.31. The van der Waals surface area contributed by atoms with E-state index >= 15 is 0 Å². The van der Waals surface area contributed by atoms with Crippen LogP contribution in [-0.2, 0) is 4.74 Å². The van der Waals surface area contributed by atoms with E-state index in [-0.39, 0.29) is 0 Å². The molecule has 0 aromatic heterocycles. The zero-order chi connectivity index (χ0) is 9.94. The van der Waals surface area contributed by atoms with Gasteiger partial charge in [-0.3, -0.25) is 0 Å². The lowest BCUT2D eigenvalue weighted by atomic mass is 10.1. The predicted octanol–water partition coefficient (Wildman–Crippen LogP) is 2.39. The number of hydrogen-bond donors (Lipinski definition) is 1. The molecule has 0 bridgehead atoms. The molecule has 0 aliphatic heterocycles. The first-order chi connectivity index (χ1) is 6.31. The van der Waals surface area contributed by atoms with Gasteiger partial charge in [-0.2, -0.15) is 0 Å². The molecular formula is C11H19NO. The third-order valence-corrected chi connectivity index (χ3v) is 1.65. The zero-order valence-electron chi connectivity index (χ0n) is 8.33. The summed E-state index contributed by atoms with van der Waals surface area (Å²) < 4.78 is 4.95. The highest BCUT2D eigenvalue weighted by Gasteiger charge is 1.89. The fourth-order valence-electron chi connectivity index (χ4n) is 0.938. The van der Waals surface area contributed by atoms with Gasteiger partial charge in [0, 0.05) is 13.7 Å². The molecule has 0 heterocycles. The number of allylic oxidation sites excluding steroid dienone is 4. The standard InChI is InChI=1S/C11H19NO/c1-11(7-3-5-9-12)8-4-6-10-13-2/h3,5,7,9H,1,4,6,8,10,12H2,2H3/b7-3-,9-5-. The molecule has 0 rings (SSSR count). The summed E-state index contributed by atoms with van der Waals surface area (Å²) in [7, 11) is 1.72. The van der Waals surface area contributed by atoms with Crippen molar-refractivity contribution in [2.24, 2.45) is 5.73 Å². The molecule has 0 amide bonds. The van der Waals surface area contributed by atoms with Crippen LogP contribution in [0.5, 0.6) is 0 Å². The van der Waals surface area contributed by atoms with Crippen molar-refractivity contribution in [3.8, 4) is 0 Å². The average Bonchev–Trinajstić information content (AvgIpc) is 2.13. The molecule has 2 nitrogen and oxygen atoms in total. The van der Waals surface area contributed by atoms with Gasteiger partial charge in [-0.1, -0.05) is 24.3 Å². The maximum absolute atomic E-state index is 5.18. The first-order valence-electron chi connectivity index (χ1n) is 4.53. The summed E-state index contributed by atoms with van der Waals surface area (Å²) in [4.78, 5) is 0. The molecule has 2 heteroatoms. The van der Waals surface area contributed by atoms with E-state index in [2.05, 4.69) is 6.58 Å². The van der Waals surface area contributed by atoms with Crippen LogP contribution in [0.15, 0.2) is 36.6 Å². The first kappa shape index (κ1) is 12.0. The Labute approximate surface area is 80.8 Å². The van der Waals surface area contributed by atoms with Crippen LogP contribution in [0, 0.1) is 0 Å². The van der Waals surface area contributed by atoms with Crippen LogP contribution < -0.4 is 5.73 Å². The second-order valence-corrected chi connectivity index (χ2v) is 2.85. The van der Waals surface area contributed by atoms with E-state index in [4.69, 9.17) is 10.5 Å². The zero-order valence-corrected chi connectivity index (χ0v) is 8.33. The van der Waals surface area contributed by atoms with Gasteiger partial charge in [0.05, 0.1) is 0 Å². The van der Waals surface area contributed by atoms with E-state index in [1.165, 1.54) is 6.20 Å². The van der Waals surface area contributed by atoms with Crippen molar-refractivity contribution in [1.29, 1.82) is 0 Å². The van der Waals surface area contributed by atoms with Crippen LogP contribution in [0.4, 0.5) is 0 Å². The minimum absolute atomic E-state index is 0.833. The maximum atomic E-state index is 5.18. The van der Waals surface area contributed by atoms with Gasteiger partial charge < -0.3 is 10.5 Å². The van der Waals surface area contributed by atoms with Crippen molar-refractivity contribution < 1.29 is 4.74 Å². The molecule has 13 heavy (non-hydrogen) atoms. The monoisotopic (exact) mass is 181 g/mol. The van der Waals surface area contributed by atoms with E-state index in [0.29, 0.717) is 0 Å². The molecule has 0 spiro atoms. The topological polar surface area (TPSA) is 35.2 Å². The molecule has 74 valence electrons. The number of unbranched alkanes of at least 4 members (excludes halogenated alkanes) is 1. The van der Waals surface area contributed by atoms with Gasteiger partial charge in [-0.15, -0.1) is 0 Å². The van der Waals surface area contributed by atoms with Gasteiger partial charge >= 0.3 is 0 Å². The summed E-state index contributed by atoms with van der Waals surface area (Å²) in [6.07, 6.45) is 10.4. The van der Waals surface area contributed by atoms with Crippen LogP contribution in [0.2, 0.25) is 0 Å². The molecule has 0 radical (unpaired) electrons. The van der Waals surface area contributed by atoms with Gasteiger partial charge in [-0.05, 0) is 31.5 Å². The SMILES string of the molecule is C=C(/C=C\C=C/N)CCCCOC. The second-order valence-electron chi connectivity index (χ2n) is 2.85. The van der Waals surface area contributed by atoms with Crippen molar-refractivity contribution in [2.75, 3.05) is 13.7 Å². The third kappa shape index (κ3) is 8.89. The van der Waals surface area contributed by atoms with Crippen molar-refractivity contribution in [2.45, 2.75) is 19.3 Å². The van der Waals surface area contributed by atoms with Crippen molar-refractivity contribution >= 4 is 0 Å². The van der Waals surface area contributed by atoms with Crippen LogP contribution >= 0.6 is 0 Å². The van der Waals surface area contributed by atoms with Crippen molar-refractivity contribution in [3.63, 3.8) is 0 Å². The summed E-state index contributed by atoms with van der Waals surface area (Å²) in [5, 5.41) is 0. The smallest absolute Gasteiger partial charge is 0.0462 e. The number of rotatable bonds is 7. The van der Waals surface area contributed by atoms with E-state index in [1.54, 1.807) is 13.2 Å². The van der Waals surface area contributed by atoms with Crippen LogP contribution in [0.1, 0.15) is 19.3 Å². The molecule has 0 aromatic rings. The molecule has 0 aliphatic rings. The van der Waals surface area contributed by atoms with Crippen molar-refractivity contribution in [3.05, 3.63) is 36.6 Å². The third-order valence-electron chi connectivity index (χ3n) is 1.65. The Morgan fingerprint density at radius 3 is 2.77 bits per heavy atom. The Morgan fingerprint density at radius 1 is 1.38 bits per heavy atom. The summed E-state index contributed by atoms with van der Waals surface area (Å²) in [5.74, 6) is 0. The Hall–Kier alpha value is -1.02. The van der Waals surface area contributed by atoms with E-state index in [0.717, 1.165) is 31.4 Å². The van der Waals surface area contributed by atoms with E-state index in [9.17, 15) is 0 Å². The first-order valence-corrected chi connectivity index (χ1v) is 4.53. The molecule has 2 N–H and O–H groups in total. The highest BCUT2D eigenvalue weighted by Crippen LogP contribution is 2.06. The lowest BCUT2D eigenvalue weighted by molar-refractivity contribution is 0.193. The number of ether oxygens (including phenoxy) is 1. The molecule has 0 saturated heterocycles. The minimum Gasteiger partial charge on any atom is -0.405 e. The predicted molar refractivity (Wildman–Crippen MR) is 57.3 cm³/mol. The highest BCUT2D eigenvalue weighted by atomic mass is 16.5. The maximum Gasteiger partial charge on any atom is 0.0462 e. The quantitative estimate of drug-likeness (QED) is 0.483. The Bertz CT molecular complexity index is 183. The fraction of sp³-hybridized carbons (Fsp3) is 0.455. The molecule has 0 aromatic carbocycles. The fourth-order valence-corrected chi connectivity index (χ4v) is 0.938. The van der Waals surface area contributed by atoms with Gasteiger partial charge in [0.1, 0.15) is 0 Å². The molecule has 0 atom stereocenters.